The van der Waals surface area contributed by atoms with E-state index in [-0.39, 0.29) is 5.56 Å². The smallest absolute Gasteiger partial charge is 0.332 e. The van der Waals surface area contributed by atoms with E-state index in [1.54, 1.807) is 19.2 Å². The summed E-state index contributed by atoms with van der Waals surface area (Å²) in [5, 5.41) is 8.98. The van der Waals surface area contributed by atoms with Gasteiger partial charge >= 0.3 is 5.69 Å². The molecule has 8 heteroatoms. The summed E-state index contributed by atoms with van der Waals surface area (Å²) in [7, 11) is 3.08. The van der Waals surface area contributed by atoms with Crippen LogP contribution in [0.4, 0.5) is 0 Å². The molecule has 0 unspecified atom stereocenters. The van der Waals surface area contributed by atoms with Crippen LogP contribution in [0.1, 0.15) is 30.3 Å². The Balaban J connectivity index is 2.11. The van der Waals surface area contributed by atoms with Crippen molar-refractivity contribution < 1.29 is 4.74 Å². The van der Waals surface area contributed by atoms with Gasteiger partial charge in [0.1, 0.15) is 5.82 Å². The number of hydrogen-bond acceptors (Lipinski definition) is 5. The first-order valence-corrected chi connectivity index (χ1v) is 9.19. The van der Waals surface area contributed by atoms with Gasteiger partial charge in [-0.05, 0) is 24.1 Å². The molecular formula is C20H23N5O3. The van der Waals surface area contributed by atoms with Crippen molar-refractivity contribution in [2.24, 2.45) is 14.1 Å². The van der Waals surface area contributed by atoms with Gasteiger partial charge in [-0.15, -0.1) is 0 Å². The number of aromatic nitrogens is 4. The fraction of sp³-hybridized carbons (Fsp3) is 0.400. The second-order valence-corrected chi connectivity index (χ2v) is 6.66. The number of ether oxygens (including phenoxy) is 1. The molecule has 0 aliphatic carbocycles. The van der Waals surface area contributed by atoms with Gasteiger partial charge in [0.25, 0.3) is 5.56 Å². The first-order valence-electron chi connectivity index (χ1n) is 9.19. The topological polar surface area (TPSA) is 94.8 Å². The molecule has 0 saturated heterocycles. The monoisotopic (exact) mass is 381 g/mol. The molecule has 0 bridgehead atoms. The van der Waals surface area contributed by atoms with Gasteiger partial charge in [-0.3, -0.25) is 13.9 Å². The van der Waals surface area contributed by atoms with Crippen molar-refractivity contribution in [2.75, 3.05) is 13.2 Å². The summed E-state index contributed by atoms with van der Waals surface area (Å²) >= 11 is 0. The van der Waals surface area contributed by atoms with Crippen LogP contribution in [0.25, 0.3) is 11.2 Å². The molecule has 3 rings (SSSR count). The molecule has 8 nitrogen and oxygen atoms in total. The molecule has 0 radical (unpaired) electrons. The summed E-state index contributed by atoms with van der Waals surface area (Å²) in [6.45, 7) is 3.60. The molecular weight excluding hydrogens is 358 g/mol. The normalized spacial score (nSPS) is 11.1. The lowest BCUT2D eigenvalue weighted by Crippen LogP contribution is -2.37. The summed E-state index contributed by atoms with van der Waals surface area (Å²) in [5.41, 5.74) is 1.48. The summed E-state index contributed by atoms with van der Waals surface area (Å²) in [6.07, 6.45) is 1.46. The lowest BCUT2D eigenvalue weighted by atomic mass is 10.1. The van der Waals surface area contributed by atoms with Gasteiger partial charge in [-0.25, -0.2) is 9.78 Å². The average molecular weight is 381 g/mol. The van der Waals surface area contributed by atoms with Gasteiger partial charge in [-0.1, -0.05) is 19.1 Å². The lowest BCUT2D eigenvalue weighted by Gasteiger charge is -2.10. The van der Waals surface area contributed by atoms with Crippen LogP contribution >= 0.6 is 0 Å². The zero-order chi connectivity index (χ0) is 20.3. The van der Waals surface area contributed by atoms with Crippen molar-refractivity contribution in [3.05, 3.63) is 62.1 Å². The molecule has 1 aromatic carbocycles. The number of rotatable bonds is 7. The number of nitriles is 1. The summed E-state index contributed by atoms with van der Waals surface area (Å²) in [5.74, 6) is 0.689. The molecule has 0 spiro atoms. The van der Waals surface area contributed by atoms with Gasteiger partial charge in [0, 0.05) is 33.7 Å². The Morgan fingerprint density at radius 3 is 2.46 bits per heavy atom. The quantitative estimate of drug-likeness (QED) is 0.575. The highest BCUT2D eigenvalue weighted by Crippen LogP contribution is 2.15. The van der Waals surface area contributed by atoms with Crippen LogP contribution in [0.15, 0.2) is 33.9 Å². The Labute approximate surface area is 162 Å². The predicted molar refractivity (Wildman–Crippen MR) is 105 cm³/mol. The van der Waals surface area contributed by atoms with Gasteiger partial charge < -0.3 is 9.30 Å². The van der Waals surface area contributed by atoms with E-state index in [0.29, 0.717) is 48.7 Å². The Morgan fingerprint density at radius 2 is 1.82 bits per heavy atom. The van der Waals surface area contributed by atoms with Crippen LogP contribution < -0.4 is 11.2 Å². The largest absolute Gasteiger partial charge is 0.381 e. The zero-order valence-corrected chi connectivity index (χ0v) is 16.3. The molecule has 0 N–H and O–H groups in total. The Morgan fingerprint density at radius 1 is 1.11 bits per heavy atom. The van der Waals surface area contributed by atoms with Crippen LogP contribution in [-0.2, 0) is 31.8 Å². The maximum atomic E-state index is 12.8. The van der Waals surface area contributed by atoms with Crippen LogP contribution in [0.3, 0.4) is 0 Å². The third kappa shape index (κ3) is 3.62. The zero-order valence-electron chi connectivity index (χ0n) is 16.3. The molecule has 3 aromatic rings. The van der Waals surface area contributed by atoms with Crippen LogP contribution in [0.2, 0.25) is 0 Å². The first kappa shape index (κ1) is 19.6. The Bertz CT molecular complexity index is 1150. The SMILES string of the molecule is CCCOCCc1nc2c(c(=O)n(C)c(=O)n2C)n1Cc1ccc(C#N)cc1. The van der Waals surface area contributed by atoms with E-state index in [9.17, 15) is 9.59 Å². The first-order chi connectivity index (χ1) is 13.5. The predicted octanol–water partition coefficient (Wildman–Crippen LogP) is 1.32. The number of benzene rings is 1. The molecule has 0 fully saturated rings. The van der Waals surface area contributed by atoms with E-state index in [0.717, 1.165) is 16.6 Å². The van der Waals surface area contributed by atoms with E-state index in [4.69, 9.17) is 10.00 Å². The number of hydrogen-bond donors (Lipinski definition) is 0. The fourth-order valence-electron chi connectivity index (χ4n) is 3.13. The maximum Gasteiger partial charge on any atom is 0.332 e. The van der Waals surface area contributed by atoms with Crippen molar-refractivity contribution in [1.29, 1.82) is 5.26 Å². The molecule has 0 aliphatic heterocycles. The minimum Gasteiger partial charge on any atom is -0.381 e. The summed E-state index contributed by atoms with van der Waals surface area (Å²) < 4.78 is 9.91. The molecule has 0 atom stereocenters. The molecule has 0 saturated carbocycles. The van der Waals surface area contributed by atoms with E-state index in [1.165, 1.54) is 11.6 Å². The standard InChI is InChI=1S/C20H23N5O3/c1-4-10-28-11-9-16-22-18-17(19(26)24(3)20(27)23(18)2)25(16)13-15-7-5-14(12-21)6-8-15/h5-8H,4,9-11,13H2,1-3H3. The number of nitrogens with zero attached hydrogens (tertiary/aromatic N) is 5. The van der Waals surface area contributed by atoms with E-state index >= 15 is 0 Å². The van der Waals surface area contributed by atoms with Crippen molar-refractivity contribution in [2.45, 2.75) is 26.3 Å². The highest BCUT2D eigenvalue weighted by atomic mass is 16.5. The fourth-order valence-corrected chi connectivity index (χ4v) is 3.13. The summed E-state index contributed by atoms with van der Waals surface area (Å²) in [6, 6.07) is 9.29. The van der Waals surface area contributed by atoms with Crippen molar-refractivity contribution in [3.8, 4) is 6.07 Å². The number of imidazole rings is 1. The Hall–Kier alpha value is -3.18. The van der Waals surface area contributed by atoms with Crippen LogP contribution in [0, 0.1) is 11.3 Å². The van der Waals surface area contributed by atoms with Crippen LogP contribution in [-0.4, -0.2) is 31.9 Å². The highest BCUT2D eigenvalue weighted by molar-refractivity contribution is 5.71. The molecule has 28 heavy (non-hydrogen) atoms. The molecule has 2 heterocycles. The molecule has 0 aliphatic rings. The van der Waals surface area contributed by atoms with E-state index in [1.807, 2.05) is 23.6 Å². The second kappa shape index (κ2) is 8.23. The van der Waals surface area contributed by atoms with Crippen molar-refractivity contribution >= 4 is 11.2 Å². The highest BCUT2D eigenvalue weighted by Gasteiger charge is 2.19. The average Bonchev–Trinajstić information content (AvgIpc) is 3.07. The van der Waals surface area contributed by atoms with E-state index in [2.05, 4.69) is 11.1 Å². The third-order valence-corrected chi connectivity index (χ3v) is 4.67. The second-order valence-electron chi connectivity index (χ2n) is 6.66. The molecule has 0 amide bonds. The summed E-state index contributed by atoms with van der Waals surface area (Å²) in [4.78, 5) is 29.7. The van der Waals surface area contributed by atoms with Crippen molar-refractivity contribution in [1.82, 2.24) is 18.7 Å². The van der Waals surface area contributed by atoms with E-state index < -0.39 is 5.69 Å². The minimum absolute atomic E-state index is 0.368. The van der Waals surface area contributed by atoms with Gasteiger partial charge in [0.05, 0.1) is 18.2 Å². The van der Waals surface area contributed by atoms with Gasteiger partial charge in [0.2, 0.25) is 0 Å². The van der Waals surface area contributed by atoms with Gasteiger partial charge in [0.15, 0.2) is 11.2 Å². The minimum atomic E-state index is -0.408. The number of aryl methyl sites for hydroxylation is 1. The molecule has 146 valence electrons. The maximum absolute atomic E-state index is 12.8. The van der Waals surface area contributed by atoms with Crippen LogP contribution in [0.5, 0.6) is 0 Å². The van der Waals surface area contributed by atoms with Crippen molar-refractivity contribution in [3.63, 3.8) is 0 Å². The number of fused-ring (bicyclic) bond motifs is 1. The third-order valence-electron chi connectivity index (χ3n) is 4.67. The lowest BCUT2D eigenvalue weighted by molar-refractivity contribution is 0.136. The Kier molecular flexibility index (Phi) is 5.76. The molecule has 2 aromatic heterocycles. The van der Waals surface area contributed by atoms with Gasteiger partial charge in [-0.2, -0.15) is 5.26 Å².